The van der Waals surface area contributed by atoms with Crippen LogP contribution in [0.1, 0.15) is 43.4 Å². The third kappa shape index (κ3) is 4.44. The molecule has 7 nitrogen and oxygen atoms in total. The fraction of sp³-hybridized carbons (Fsp3) is 0.409. The first-order valence-corrected chi connectivity index (χ1v) is 11.7. The van der Waals surface area contributed by atoms with Crippen LogP contribution < -0.4 is 14.8 Å². The Balaban J connectivity index is 1.36. The Morgan fingerprint density at radius 3 is 2.47 bits per heavy atom. The zero-order valence-electron chi connectivity index (χ0n) is 17.0. The minimum absolute atomic E-state index is 0.133. The van der Waals surface area contributed by atoms with Crippen LogP contribution in [0, 0.1) is 0 Å². The molecule has 30 heavy (non-hydrogen) atoms. The first kappa shape index (κ1) is 20.7. The molecule has 2 aliphatic heterocycles. The van der Waals surface area contributed by atoms with Crippen LogP contribution in [0.3, 0.4) is 0 Å². The number of carbonyl (C=O) groups is 1. The van der Waals surface area contributed by atoms with E-state index in [9.17, 15) is 13.2 Å². The van der Waals surface area contributed by atoms with Gasteiger partial charge in [0.2, 0.25) is 22.7 Å². The lowest BCUT2D eigenvalue weighted by molar-refractivity contribution is -0.121. The van der Waals surface area contributed by atoms with Crippen molar-refractivity contribution < 1.29 is 22.7 Å². The summed E-state index contributed by atoms with van der Waals surface area (Å²) < 4.78 is 37.7. The Morgan fingerprint density at radius 1 is 1.03 bits per heavy atom. The van der Waals surface area contributed by atoms with Crippen molar-refractivity contribution in [3.63, 3.8) is 0 Å². The van der Waals surface area contributed by atoms with E-state index in [1.165, 1.54) is 0 Å². The molecule has 2 aromatic carbocycles. The van der Waals surface area contributed by atoms with Crippen LogP contribution in [0.25, 0.3) is 0 Å². The lowest BCUT2D eigenvalue weighted by Gasteiger charge is -2.25. The molecule has 1 saturated heterocycles. The molecule has 1 N–H and O–H groups in total. The van der Waals surface area contributed by atoms with Gasteiger partial charge in [0.1, 0.15) is 0 Å². The standard InChI is InChI=1S/C22H26N2O5S/c1-16(18-7-10-20-21(14-18)29-15-28-20)23-22(25)13-17-5-8-19(9-6-17)30(26,27)24-11-3-2-4-12-24/h5-10,14,16H,2-4,11-13,15H2,1H3,(H,23,25). The maximum Gasteiger partial charge on any atom is 0.243 e. The van der Waals surface area contributed by atoms with E-state index >= 15 is 0 Å². The van der Waals surface area contributed by atoms with Crippen molar-refractivity contribution >= 4 is 15.9 Å². The predicted octanol–water partition coefficient (Wildman–Crippen LogP) is 3.01. The van der Waals surface area contributed by atoms with Crippen LogP contribution in [0.15, 0.2) is 47.4 Å². The Morgan fingerprint density at radius 2 is 1.73 bits per heavy atom. The van der Waals surface area contributed by atoms with Crippen LogP contribution >= 0.6 is 0 Å². The number of rotatable bonds is 6. The predicted molar refractivity (Wildman–Crippen MR) is 112 cm³/mol. The Kier molecular flexibility index (Phi) is 5.97. The number of hydrogen-bond donors (Lipinski definition) is 1. The normalized spacial score (nSPS) is 17.5. The molecule has 2 aromatic rings. The maximum absolute atomic E-state index is 12.7. The molecule has 2 aliphatic rings. The highest BCUT2D eigenvalue weighted by Gasteiger charge is 2.25. The Bertz CT molecular complexity index is 1010. The molecule has 1 unspecified atom stereocenters. The number of piperidine rings is 1. The molecule has 0 radical (unpaired) electrons. The number of hydrogen-bond acceptors (Lipinski definition) is 5. The van der Waals surface area contributed by atoms with E-state index in [2.05, 4.69) is 5.32 Å². The summed E-state index contributed by atoms with van der Waals surface area (Å²) in [5.41, 5.74) is 1.69. The average molecular weight is 431 g/mol. The number of nitrogens with zero attached hydrogens (tertiary/aromatic N) is 1. The summed E-state index contributed by atoms with van der Waals surface area (Å²) in [6, 6.07) is 12.0. The van der Waals surface area contributed by atoms with E-state index in [0.717, 1.165) is 30.4 Å². The number of nitrogens with one attached hydrogen (secondary N) is 1. The first-order valence-electron chi connectivity index (χ1n) is 10.2. The third-order valence-electron chi connectivity index (χ3n) is 5.51. The number of fused-ring (bicyclic) bond motifs is 1. The molecule has 2 heterocycles. The highest BCUT2D eigenvalue weighted by Crippen LogP contribution is 2.34. The van der Waals surface area contributed by atoms with Crippen molar-refractivity contribution in [3.05, 3.63) is 53.6 Å². The smallest absolute Gasteiger partial charge is 0.243 e. The summed E-state index contributed by atoms with van der Waals surface area (Å²) in [6.45, 7) is 3.27. The molecule has 1 fully saturated rings. The van der Waals surface area contributed by atoms with Crippen LogP contribution in [-0.2, 0) is 21.2 Å². The van der Waals surface area contributed by atoms with Crippen LogP contribution in [0.4, 0.5) is 0 Å². The van der Waals surface area contributed by atoms with Crippen molar-refractivity contribution in [1.82, 2.24) is 9.62 Å². The molecule has 8 heteroatoms. The topological polar surface area (TPSA) is 84.9 Å². The molecule has 1 atom stereocenters. The first-order chi connectivity index (χ1) is 14.4. The van der Waals surface area contributed by atoms with Crippen molar-refractivity contribution in [2.45, 2.75) is 43.5 Å². The van der Waals surface area contributed by atoms with Gasteiger partial charge in [0, 0.05) is 13.1 Å². The summed E-state index contributed by atoms with van der Waals surface area (Å²) in [5.74, 6) is 1.25. The molecule has 0 aromatic heterocycles. The fourth-order valence-electron chi connectivity index (χ4n) is 3.78. The maximum atomic E-state index is 12.7. The van der Waals surface area contributed by atoms with Crippen molar-refractivity contribution in [2.75, 3.05) is 19.9 Å². The third-order valence-corrected chi connectivity index (χ3v) is 7.43. The number of amides is 1. The van der Waals surface area contributed by atoms with Gasteiger partial charge in [0.05, 0.1) is 17.4 Å². The van der Waals surface area contributed by atoms with Crippen LogP contribution in [0.5, 0.6) is 11.5 Å². The molecule has 0 spiro atoms. The molecule has 0 aliphatic carbocycles. The van der Waals surface area contributed by atoms with Gasteiger partial charge in [0.25, 0.3) is 0 Å². The summed E-state index contributed by atoms with van der Waals surface area (Å²) in [7, 11) is -3.46. The second-order valence-electron chi connectivity index (χ2n) is 7.69. The molecule has 160 valence electrons. The second kappa shape index (κ2) is 8.65. The van der Waals surface area contributed by atoms with E-state index < -0.39 is 10.0 Å². The number of sulfonamides is 1. The number of carbonyl (C=O) groups excluding carboxylic acids is 1. The lowest BCUT2D eigenvalue weighted by Crippen LogP contribution is -2.35. The second-order valence-corrected chi connectivity index (χ2v) is 9.63. The summed E-state index contributed by atoms with van der Waals surface area (Å²) >= 11 is 0. The van der Waals surface area contributed by atoms with Gasteiger partial charge in [-0.3, -0.25) is 4.79 Å². The van der Waals surface area contributed by atoms with Gasteiger partial charge in [-0.1, -0.05) is 24.6 Å². The van der Waals surface area contributed by atoms with E-state index in [4.69, 9.17) is 9.47 Å². The van der Waals surface area contributed by atoms with Crippen LogP contribution in [0.2, 0.25) is 0 Å². The van der Waals surface area contributed by atoms with Crippen molar-refractivity contribution in [1.29, 1.82) is 0 Å². The summed E-state index contributed by atoms with van der Waals surface area (Å²) in [6.07, 6.45) is 3.06. The van der Waals surface area contributed by atoms with Gasteiger partial charge in [-0.25, -0.2) is 8.42 Å². The van der Waals surface area contributed by atoms with Gasteiger partial charge in [-0.15, -0.1) is 0 Å². The summed E-state index contributed by atoms with van der Waals surface area (Å²) in [4.78, 5) is 12.7. The van der Waals surface area contributed by atoms with Gasteiger partial charge in [-0.05, 0) is 55.2 Å². The minimum Gasteiger partial charge on any atom is -0.454 e. The zero-order chi connectivity index (χ0) is 21.1. The fourth-order valence-corrected chi connectivity index (χ4v) is 5.29. The molecule has 1 amide bonds. The largest absolute Gasteiger partial charge is 0.454 e. The molecule has 0 saturated carbocycles. The highest BCUT2D eigenvalue weighted by atomic mass is 32.2. The molecular formula is C22H26N2O5S. The quantitative estimate of drug-likeness (QED) is 0.762. The number of benzene rings is 2. The van der Waals surface area contributed by atoms with Gasteiger partial charge in [-0.2, -0.15) is 4.31 Å². The van der Waals surface area contributed by atoms with Gasteiger partial charge >= 0.3 is 0 Å². The van der Waals surface area contributed by atoms with Crippen molar-refractivity contribution in [2.24, 2.45) is 0 Å². The van der Waals surface area contributed by atoms with E-state index in [0.29, 0.717) is 24.6 Å². The Hall–Kier alpha value is -2.58. The Labute approximate surface area is 177 Å². The monoisotopic (exact) mass is 430 g/mol. The highest BCUT2D eigenvalue weighted by molar-refractivity contribution is 7.89. The number of ether oxygens (including phenoxy) is 2. The molecular weight excluding hydrogens is 404 g/mol. The van der Waals surface area contributed by atoms with Crippen molar-refractivity contribution in [3.8, 4) is 11.5 Å². The van der Waals surface area contributed by atoms with Gasteiger partial charge < -0.3 is 14.8 Å². The van der Waals surface area contributed by atoms with Gasteiger partial charge in [0.15, 0.2) is 11.5 Å². The van der Waals surface area contributed by atoms with E-state index in [1.54, 1.807) is 28.6 Å². The molecule has 4 rings (SSSR count). The SMILES string of the molecule is CC(NC(=O)Cc1ccc(S(=O)(=O)N2CCCCC2)cc1)c1ccc2c(c1)OCO2. The summed E-state index contributed by atoms with van der Waals surface area (Å²) in [5, 5.41) is 2.97. The van der Waals surface area contributed by atoms with E-state index in [-0.39, 0.29) is 30.1 Å². The van der Waals surface area contributed by atoms with E-state index in [1.807, 2.05) is 25.1 Å². The van der Waals surface area contributed by atoms with Crippen LogP contribution in [-0.4, -0.2) is 38.5 Å². The zero-order valence-corrected chi connectivity index (χ0v) is 17.8. The minimum atomic E-state index is -3.46. The molecule has 0 bridgehead atoms. The lowest BCUT2D eigenvalue weighted by atomic mass is 10.1. The average Bonchev–Trinajstić information content (AvgIpc) is 3.22.